The lowest BCUT2D eigenvalue weighted by atomic mass is 10.1. The monoisotopic (exact) mass is 434 g/mol. The maximum Gasteiger partial charge on any atom is 0.244 e. The zero-order chi connectivity index (χ0) is 19.2. The van der Waals surface area contributed by atoms with Crippen molar-refractivity contribution >= 4 is 28.1 Å². The van der Waals surface area contributed by atoms with E-state index in [1.165, 1.54) is 6.21 Å². The van der Waals surface area contributed by atoms with Crippen LogP contribution in [0.2, 0.25) is 0 Å². The van der Waals surface area contributed by atoms with Crippen LogP contribution in [0.1, 0.15) is 11.1 Å². The molecule has 27 heavy (non-hydrogen) atoms. The van der Waals surface area contributed by atoms with Crippen molar-refractivity contribution in [3.05, 3.63) is 45.9 Å². The Labute approximate surface area is 165 Å². The Hall–Kier alpha value is -2.74. The number of nitrogens with one attached hydrogen (secondary N) is 1. The van der Waals surface area contributed by atoms with Gasteiger partial charge in [0.2, 0.25) is 5.91 Å². The van der Waals surface area contributed by atoms with Gasteiger partial charge in [-0.1, -0.05) is 6.07 Å². The van der Waals surface area contributed by atoms with Crippen molar-refractivity contribution in [1.82, 2.24) is 5.43 Å². The quantitative estimate of drug-likeness (QED) is 0.558. The van der Waals surface area contributed by atoms with Crippen LogP contribution in [0, 0.1) is 0 Å². The third-order valence-electron chi connectivity index (χ3n) is 3.83. The first-order valence-electron chi connectivity index (χ1n) is 8.22. The lowest BCUT2D eigenvalue weighted by Gasteiger charge is -2.18. The molecule has 1 heterocycles. The number of fused-ring (bicyclic) bond motifs is 1. The summed E-state index contributed by atoms with van der Waals surface area (Å²) in [7, 11) is 3.12. The molecule has 1 N–H and O–H groups in total. The standard InChI is InChI=1S/C19H19BrN2O5/c1-24-17-9-13(7-14(20)19(17)25-2)11-21-22-18(23)10-12-3-4-15-16(8-12)27-6-5-26-15/h3-4,7-9,11H,5-6,10H2,1-2H3,(H,22,23)/b21-11+. The van der Waals surface area contributed by atoms with E-state index < -0.39 is 0 Å². The second-order valence-electron chi connectivity index (χ2n) is 5.69. The number of benzene rings is 2. The Morgan fingerprint density at radius 3 is 2.70 bits per heavy atom. The van der Waals surface area contributed by atoms with Gasteiger partial charge in [0.1, 0.15) is 13.2 Å². The van der Waals surface area contributed by atoms with Crippen LogP contribution >= 0.6 is 15.9 Å². The molecule has 0 unspecified atom stereocenters. The molecule has 0 radical (unpaired) electrons. The van der Waals surface area contributed by atoms with Crippen molar-refractivity contribution in [3.63, 3.8) is 0 Å². The van der Waals surface area contributed by atoms with E-state index in [1.54, 1.807) is 20.3 Å². The van der Waals surface area contributed by atoms with Gasteiger partial charge in [0.15, 0.2) is 23.0 Å². The van der Waals surface area contributed by atoms with Crippen molar-refractivity contribution in [2.45, 2.75) is 6.42 Å². The van der Waals surface area contributed by atoms with E-state index in [1.807, 2.05) is 24.3 Å². The van der Waals surface area contributed by atoms with Crippen LogP contribution in [0.25, 0.3) is 0 Å². The molecule has 0 atom stereocenters. The number of hydrogen-bond acceptors (Lipinski definition) is 6. The number of nitrogens with zero attached hydrogens (tertiary/aromatic N) is 1. The third-order valence-corrected chi connectivity index (χ3v) is 4.42. The number of carbonyl (C=O) groups excluding carboxylic acids is 1. The van der Waals surface area contributed by atoms with Crippen molar-refractivity contribution in [2.75, 3.05) is 27.4 Å². The first-order valence-corrected chi connectivity index (χ1v) is 9.02. The Morgan fingerprint density at radius 2 is 1.96 bits per heavy atom. The average Bonchev–Trinajstić information content (AvgIpc) is 2.67. The van der Waals surface area contributed by atoms with Gasteiger partial charge < -0.3 is 18.9 Å². The van der Waals surface area contributed by atoms with Crippen molar-refractivity contribution in [2.24, 2.45) is 5.10 Å². The summed E-state index contributed by atoms with van der Waals surface area (Å²) in [5.74, 6) is 2.28. The SMILES string of the molecule is COc1cc(/C=N/NC(=O)Cc2ccc3c(c2)OCCO3)cc(Br)c1OC. The number of halogens is 1. The minimum absolute atomic E-state index is 0.184. The third kappa shape index (κ3) is 4.71. The molecule has 1 amide bonds. The van der Waals surface area contributed by atoms with Gasteiger partial charge in [-0.25, -0.2) is 5.43 Å². The topological polar surface area (TPSA) is 78.4 Å². The fraction of sp³-hybridized carbons (Fsp3) is 0.263. The van der Waals surface area contributed by atoms with Gasteiger partial charge in [0.05, 0.1) is 31.3 Å². The maximum absolute atomic E-state index is 12.1. The van der Waals surface area contributed by atoms with Crippen LogP contribution < -0.4 is 24.4 Å². The Morgan fingerprint density at radius 1 is 1.19 bits per heavy atom. The first kappa shape index (κ1) is 19.0. The smallest absolute Gasteiger partial charge is 0.244 e. The Bertz CT molecular complexity index is 869. The highest BCUT2D eigenvalue weighted by atomic mass is 79.9. The summed E-state index contributed by atoms with van der Waals surface area (Å²) in [6, 6.07) is 9.03. The summed E-state index contributed by atoms with van der Waals surface area (Å²) in [6.07, 6.45) is 1.72. The molecule has 0 aliphatic carbocycles. The summed E-state index contributed by atoms with van der Waals surface area (Å²) in [5, 5.41) is 4.00. The number of rotatable bonds is 6. The second kappa shape index (κ2) is 8.77. The van der Waals surface area contributed by atoms with E-state index in [0.717, 1.165) is 15.6 Å². The van der Waals surface area contributed by atoms with Gasteiger partial charge in [0, 0.05) is 0 Å². The molecule has 142 valence electrons. The van der Waals surface area contributed by atoms with Crippen LogP contribution in [0.5, 0.6) is 23.0 Å². The normalized spacial score (nSPS) is 12.7. The molecule has 2 aromatic carbocycles. The van der Waals surface area contributed by atoms with Crippen LogP contribution in [0.4, 0.5) is 0 Å². The van der Waals surface area contributed by atoms with E-state index in [9.17, 15) is 4.79 Å². The highest BCUT2D eigenvalue weighted by molar-refractivity contribution is 9.10. The number of amides is 1. The van der Waals surface area contributed by atoms with E-state index in [4.69, 9.17) is 18.9 Å². The fourth-order valence-corrected chi connectivity index (χ4v) is 3.24. The second-order valence-corrected chi connectivity index (χ2v) is 6.54. The molecule has 8 heteroatoms. The highest BCUT2D eigenvalue weighted by Gasteiger charge is 2.13. The minimum atomic E-state index is -0.234. The molecular weight excluding hydrogens is 416 g/mol. The maximum atomic E-state index is 12.1. The van der Waals surface area contributed by atoms with Crippen molar-refractivity contribution < 1.29 is 23.7 Å². The van der Waals surface area contributed by atoms with Crippen molar-refractivity contribution in [3.8, 4) is 23.0 Å². The van der Waals surface area contributed by atoms with Crippen LogP contribution in [0.3, 0.4) is 0 Å². The number of hydrogen-bond donors (Lipinski definition) is 1. The summed E-state index contributed by atoms with van der Waals surface area (Å²) in [6.45, 7) is 1.04. The average molecular weight is 435 g/mol. The van der Waals surface area contributed by atoms with Crippen LogP contribution in [-0.4, -0.2) is 39.6 Å². The van der Waals surface area contributed by atoms with Gasteiger partial charge in [0.25, 0.3) is 0 Å². The van der Waals surface area contributed by atoms with Gasteiger partial charge in [-0.3, -0.25) is 4.79 Å². The molecule has 7 nitrogen and oxygen atoms in total. The molecule has 3 rings (SSSR count). The van der Waals surface area contributed by atoms with Crippen LogP contribution in [-0.2, 0) is 11.2 Å². The van der Waals surface area contributed by atoms with E-state index in [0.29, 0.717) is 36.2 Å². The first-order chi connectivity index (χ1) is 13.1. The fourth-order valence-electron chi connectivity index (χ4n) is 2.61. The molecule has 0 spiro atoms. The summed E-state index contributed by atoms with van der Waals surface area (Å²) < 4.78 is 22.3. The number of methoxy groups -OCH3 is 2. The Kier molecular flexibility index (Phi) is 6.18. The number of hydrazone groups is 1. The minimum Gasteiger partial charge on any atom is -0.493 e. The van der Waals surface area contributed by atoms with Gasteiger partial charge >= 0.3 is 0 Å². The van der Waals surface area contributed by atoms with Crippen LogP contribution in [0.15, 0.2) is 39.9 Å². The molecule has 0 saturated heterocycles. The predicted octanol–water partition coefficient (Wildman–Crippen LogP) is 2.93. The summed E-state index contributed by atoms with van der Waals surface area (Å²) >= 11 is 3.42. The number of carbonyl (C=O) groups is 1. The number of ether oxygens (including phenoxy) is 4. The molecule has 1 aliphatic heterocycles. The Balaban J connectivity index is 1.61. The predicted molar refractivity (Wildman–Crippen MR) is 104 cm³/mol. The lowest BCUT2D eigenvalue weighted by molar-refractivity contribution is -0.120. The van der Waals surface area contributed by atoms with Gasteiger partial charge in [-0.15, -0.1) is 0 Å². The summed E-state index contributed by atoms with van der Waals surface area (Å²) in [4.78, 5) is 12.1. The molecule has 2 aromatic rings. The van der Waals surface area contributed by atoms with Gasteiger partial charge in [-0.05, 0) is 51.3 Å². The summed E-state index contributed by atoms with van der Waals surface area (Å²) in [5.41, 5.74) is 4.09. The largest absolute Gasteiger partial charge is 0.493 e. The molecule has 0 bridgehead atoms. The molecule has 0 saturated carbocycles. The molecule has 0 aromatic heterocycles. The van der Waals surface area contributed by atoms with Crippen molar-refractivity contribution in [1.29, 1.82) is 0 Å². The highest BCUT2D eigenvalue weighted by Crippen LogP contribution is 2.35. The molecule has 1 aliphatic rings. The lowest BCUT2D eigenvalue weighted by Crippen LogP contribution is -2.20. The van der Waals surface area contributed by atoms with Gasteiger partial charge in [-0.2, -0.15) is 5.10 Å². The van der Waals surface area contributed by atoms with E-state index in [-0.39, 0.29) is 12.3 Å². The molecular formula is C19H19BrN2O5. The zero-order valence-electron chi connectivity index (χ0n) is 15.0. The van der Waals surface area contributed by atoms with E-state index in [2.05, 4.69) is 26.5 Å². The molecule has 0 fully saturated rings. The zero-order valence-corrected chi connectivity index (χ0v) is 16.5. The van der Waals surface area contributed by atoms with E-state index >= 15 is 0 Å².